The van der Waals surface area contributed by atoms with Gasteiger partial charge in [-0.3, -0.25) is 9.69 Å². The molecule has 29 heavy (non-hydrogen) atoms. The summed E-state index contributed by atoms with van der Waals surface area (Å²) < 4.78 is 11.2. The van der Waals surface area contributed by atoms with E-state index in [4.69, 9.17) is 9.47 Å². The van der Waals surface area contributed by atoms with Gasteiger partial charge in [0.25, 0.3) is 5.91 Å². The van der Waals surface area contributed by atoms with Gasteiger partial charge in [0.05, 0.1) is 24.3 Å². The van der Waals surface area contributed by atoms with Crippen molar-refractivity contribution in [3.63, 3.8) is 0 Å². The van der Waals surface area contributed by atoms with Crippen LogP contribution in [0, 0.1) is 0 Å². The summed E-state index contributed by atoms with van der Waals surface area (Å²) in [5.74, 6) is 1.35. The number of rotatable bonds is 8. The van der Waals surface area contributed by atoms with Gasteiger partial charge in [-0.05, 0) is 60.5 Å². The van der Waals surface area contributed by atoms with Gasteiger partial charge in [-0.1, -0.05) is 38.1 Å². The molecule has 0 N–H and O–H groups in total. The summed E-state index contributed by atoms with van der Waals surface area (Å²) in [4.78, 5) is 20.0. The van der Waals surface area contributed by atoms with Crippen LogP contribution in [-0.2, 0) is 4.79 Å². The minimum atomic E-state index is -0.0168. The van der Waals surface area contributed by atoms with E-state index in [1.807, 2.05) is 54.6 Å². The van der Waals surface area contributed by atoms with Crippen LogP contribution in [-0.4, -0.2) is 36.2 Å². The van der Waals surface area contributed by atoms with Gasteiger partial charge in [-0.25, -0.2) is 4.99 Å². The van der Waals surface area contributed by atoms with E-state index in [0.717, 1.165) is 24.1 Å². The highest BCUT2D eigenvalue weighted by atomic mass is 32.2. The molecule has 1 amide bonds. The summed E-state index contributed by atoms with van der Waals surface area (Å²) in [5.41, 5.74) is 1.73. The average molecular weight is 411 g/mol. The smallest absolute Gasteiger partial charge is 0.266 e. The number of ether oxygens (including phenoxy) is 2. The molecule has 0 bridgehead atoms. The van der Waals surface area contributed by atoms with Gasteiger partial charge in [0, 0.05) is 6.54 Å². The van der Waals surface area contributed by atoms with Gasteiger partial charge < -0.3 is 9.47 Å². The third-order valence-electron chi connectivity index (χ3n) is 4.26. The number of carbonyl (C=O) groups is 1. The maximum absolute atomic E-state index is 13.0. The maximum atomic E-state index is 13.0. The molecule has 0 atom stereocenters. The lowest BCUT2D eigenvalue weighted by atomic mass is 10.2. The van der Waals surface area contributed by atoms with Crippen LogP contribution in [0.5, 0.6) is 11.5 Å². The minimum absolute atomic E-state index is 0.0168. The SMILES string of the molecule is CCCOc1ccc(/C=C2/SC(=Nc3ccccc3)N(CCC)C2=O)cc1OC. The Morgan fingerprint density at radius 1 is 1.07 bits per heavy atom. The molecule has 2 aromatic rings. The zero-order valence-corrected chi connectivity index (χ0v) is 17.9. The first-order valence-corrected chi connectivity index (χ1v) is 10.6. The number of hydrogen-bond acceptors (Lipinski definition) is 5. The normalized spacial score (nSPS) is 16.7. The van der Waals surface area contributed by atoms with Crippen molar-refractivity contribution in [1.29, 1.82) is 0 Å². The van der Waals surface area contributed by atoms with Crippen LogP contribution in [0.4, 0.5) is 5.69 Å². The standard InChI is InChI=1S/C23H26N2O3S/c1-4-13-25-22(26)21(29-23(25)24-18-9-7-6-8-10-18)16-17-11-12-19(28-14-5-2)20(15-17)27-3/h6-12,15-16H,4-5,13-14H2,1-3H3/b21-16+,24-23?. The Balaban J connectivity index is 1.89. The zero-order chi connectivity index (χ0) is 20.6. The molecule has 0 radical (unpaired) electrons. The Bertz CT molecular complexity index is 910. The van der Waals surface area contributed by atoms with Crippen molar-refractivity contribution in [2.24, 2.45) is 4.99 Å². The highest BCUT2D eigenvalue weighted by Gasteiger charge is 2.32. The van der Waals surface area contributed by atoms with Crippen molar-refractivity contribution in [3.05, 3.63) is 59.0 Å². The molecule has 1 fully saturated rings. The summed E-state index contributed by atoms with van der Waals surface area (Å²) >= 11 is 1.40. The first kappa shape index (κ1) is 21.0. The number of benzene rings is 2. The Morgan fingerprint density at radius 3 is 2.55 bits per heavy atom. The Labute approximate surface area is 176 Å². The number of methoxy groups -OCH3 is 1. The van der Waals surface area contributed by atoms with Crippen LogP contribution in [0.15, 0.2) is 58.4 Å². The molecule has 0 unspecified atom stereocenters. The molecule has 1 heterocycles. The lowest BCUT2D eigenvalue weighted by Crippen LogP contribution is -2.29. The molecule has 2 aromatic carbocycles. The van der Waals surface area contributed by atoms with E-state index in [9.17, 15) is 4.79 Å². The van der Waals surface area contributed by atoms with Gasteiger partial charge in [-0.2, -0.15) is 0 Å². The summed E-state index contributed by atoms with van der Waals surface area (Å²) in [6.45, 7) is 5.39. The summed E-state index contributed by atoms with van der Waals surface area (Å²) in [5, 5.41) is 0.712. The minimum Gasteiger partial charge on any atom is -0.493 e. The van der Waals surface area contributed by atoms with Gasteiger partial charge in [0.1, 0.15) is 0 Å². The van der Waals surface area contributed by atoms with Crippen molar-refractivity contribution >= 4 is 34.6 Å². The molecule has 0 aromatic heterocycles. The molecule has 5 nitrogen and oxygen atoms in total. The second-order valence-electron chi connectivity index (χ2n) is 6.56. The molecular weight excluding hydrogens is 384 g/mol. The zero-order valence-electron chi connectivity index (χ0n) is 17.1. The predicted octanol–water partition coefficient (Wildman–Crippen LogP) is 5.50. The van der Waals surface area contributed by atoms with E-state index in [0.29, 0.717) is 34.7 Å². The van der Waals surface area contributed by atoms with Gasteiger partial charge in [0.15, 0.2) is 16.7 Å². The average Bonchev–Trinajstić information content (AvgIpc) is 3.02. The maximum Gasteiger partial charge on any atom is 0.266 e. The summed E-state index contributed by atoms with van der Waals surface area (Å²) in [6, 6.07) is 15.4. The van der Waals surface area contributed by atoms with Gasteiger partial charge in [0.2, 0.25) is 0 Å². The van der Waals surface area contributed by atoms with Gasteiger partial charge in [-0.15, -0.1) is 0 Å². The fourth-order valence-electron chi connectivity index (χ4n) is 2.88. The van der Waals surface area contributed by atoms with E-state index in [2.05, 4.69) is 18.8 Å². The van der Waals surface area contributed by atoms with Crippen LogP contribution in [0.1, 0.15) is 32.3 Å². The molecule has 1 saturated heterocycles. The van der Waals surface area contributed by atoms with Crippen LogP contribution < -0.4 is 9.47 Å². The topological polar surface area (TPSA) is 51.1 Å². The molecule has 0 saturated carbocycles. The first-order valence-electron chi connectivity index (χ1n) is 9.82. The lowest BCUT2D eigenvalue weighted by Gasteiger charge is -2.13. The lowest BCUT2D eigenvalue weighted by molar-refractivity contribution is -0.122. The predicted molar refractivity (Wildman–Crippen MR) is 120 cm³/mol. The Morgan fingerprint density at radius 2 is 1.86 bits per heavy atom. The highest BCUT2D eigenvalue weighted by molar-refractivity contribution is 8.18. The van der Waals surface area contributed by atoms with Crippen LogP contribution in [0.2, 0.25) is 0 Å². The summed E-state index contributed by atoms with van der Waals surface area (Å²) in [7, 11) is 1.62. The Hall–Kier alpha value is -2.73. The van der Waals surface area contributed by atoms with E-state index >= 15 is 0 Å². The fraction of sp³-hybridized carbons (Fsp3) is 0.304. The van der Waals surface area contributed by atoms with E-state index in [1.165, 1.54) is 11.8 Å². The number of para-hydroxylation sites is 1. The van der Waals surface area contributed by atoms with Crippen LogP contribution >= 0.6 is 11.8 Å². The highest BCUT2D eigenvalue weighted by Crippen LogP contribution is 2.36. The first-order chi connectivity index (χ1) is 14.2. The number of thioether (sulfide) groups is 1. The third kappa shape index (κ3) is 5.21. The molecule has 0 spiro atoms. The molecule has 3 rings (SSSR count). The van der Waals surface area contributed by atoms with E-state index in [1.54, 1.807) is 12.0 Å². The monoisotopic (exact) mass is 410 g/mol. The fourth-order valence-corrected chi connectivity index (χ4v) is 3.91. The second kappa shape index (κ2) is 10.2. The number of hydrogen-bond donors (Lipinski definition) is 0. The third-order valence-corrected chi connectivity index (χ3v) is 5.27. The number of carbonyl (C=O) groups excluding carboxylic acids is 1. The largest absolute Gasteiger partial charge is 0.493 e. The quantitative estimate of drug-likeness (QED) is 0.539. The van der Waals surface area contributed by atoms with Crippen LogP contribution in [0.25, 0.3) is 6.08 Å². The number of nitrogens with zero attached hydrogens (tertiary/aromatic N) is 2. The van der Waals surface area contributed by atoms with Crippen molar-refractivity contribution in [3.8, 4) is 11.5 Å². The van der Waals surface area contributed by atoms with E-state index < -0.39 is 0 Å². The number of amides is 1. The van der Waals surface area contributed by atoms with Gasteiger partial charge >= 0.3 is 0 Å². The molecule has 152 valence electrons. The Kier molecular flexibility index (Phi) is 7.36. The number of amidine groups is 1. The van der Waals surface area contributed by atoms with Crippen molar-refractivity contribution < 1.29 is 14.3 Å². The van der Waals surface area contributed by atoms with E-state index in [-0.39, 0.29) is 5.91 Å². The van der Waals surface area contributed by atoms with Crippen LogP contribution in [0.3, 0.4) is 0 Å². The number of aliphatic imine (C=N–C) groups is 1. The molecule has 1 aliphatic heterocycles. The molecular formula is C23H26N2O3S. The van der Waals surface area contributed by atoms with Crippen molar-refractivity contribution in [1.82, 2.24) is 4.90 Å². The van der Waals surface area contributed by atoms with Crippen molar-refractivity contribution in [2.75, 3.05) is 20.3 Å². The second-order valence-corrected chi connectivity index (χ2v) is 7.57. The molecule has 0 aliphatic carbocycles. The van der Waals surface area contributed by atoms with Crippen molar-refractivity contribution in [2.45, 2.75) is 26.7 Å². The summed E-state index contributed by atoms with van der Waals surface area (Å²) in [6.07, 6.45) is 3.68. The molecule has 6 heteroatoms. The molecule has 1 aliphatic rings.